The molecule has 2 aliphatic carbocycles. The van der Waals surface area contributed by atoms with Crippen LogP contribution in [0.2, 0.25) is 0 Å². The van der Waals surface area contributed by atoms with Crippen LogP contribution in [0.5, 0.6) is 5.75 Å². The second kappa shape index (κ2) is 8.87. The number of rotatable bonds is 8. The van der Waals surface area contributed by atoms with Crippen LogP contribution in [0, 0.1) is 24.7 Å². The SMILES string of the molecule is Cc1ccc(OCCN2CC3C(NC(=O)C(O)(c4ccccc4)C4CCCC4)[C@H]3C2)cc1. The molecule has 1 heterocycles. The number of hydrogen-bond acceptors (Lipinski definition) is 4. The summed E-state index contributed by atoms with van der Waals surface area (Å²) >= 11 is 0. The van der Waals surface area contributed by atoms with E-state index < -0.39 is 5.60 Å². The number of fused-ring (bicyclic) bond motifs is 1. The number of carbonyl (C=O) groups excluding carboxylic acids is 1. The molecule has 3 fully saturated rings. The van der Waals surface area contributed by atoms with Crippen molar-refractivity contribution in [3.8, 4) is 5.75 Å². The summed E-state index contributed by atoms with van der Waals surface area (Å²) in [7, 11) is 0. The lowest BCUT2D eigenvalue weighted by atomic mass is 9.79. The topological polar surface area (TPSA) is 61.8 Å². The van der Waals surface area contributed by atoms with Crippen LogP contribution < -0.4 is 10.1 Å². The molecule has 5 nitrogen and oxygen atoms in total. The maximum absolute atomic E-state index is 13.4. The van der Waals surface area contributed by atoms with E-state index in [4.69, 9.17) is 4.74 Å². The smallest absolute Gasteiger partial charge is 0.257 e. The summed E-state index contributed by atoms with van der Waals surface area (Å²) < 4.78 is 5.87. The van der Waals surface area contributed by atoms with E-state index in [1.165, 1.54) is 5.56 Å². The fourth-order valence-corrected chi connectivity index (χ4v) is 5.79. The Morgan fingerprint density at radius 3 is 2.38 bits per heavy atom. The molecule has 1 amide bonds. The summed E-state index contributed by atoms with van der Waals surface area (Å²) in [5.74, 6) is 1.68. The van der Waals surface area contributed by atoms with Gasteiger partial charge in [-0.15, -0.1) is 0 Å². The van der Waals surface area contributed by atoms with Gasteiger partial charge < -0.3 is 15.2 Å². The minimum Gasteiger partial charge on any atom is -0.492 e. The molecule has 3 unspecified atom stereocenters. The molecule has 32 heavy (non-hydrogen) atoms. The number of likely N-dealkylation sites (tertiary alicyclic amines) is 1. The Bertz CT molecular complexity index is 914. The van der Waals surface area contributed by atoms with Crippen molar-refractivity contribution >= 4 is 5.91 Å². The van der Waals surface area contributed by atoms with Gasteiger partial charge in [0.05, 0.1) is 0 Å². The molecule has 0 aromatic heterocycles. The minimum absolute atomic E-state index is 0.00101. The van der Waals surface area contributed by atoms with Gasteiger partial charge >= 0.3 is 0 Å². The molecular formula is C27H34N2O3. The van der Waals surface area contributed by atoms with Crippen LogP contribution in [-0.2, 0) is 10.4 Å². The monoisotopic (exact) mass is 434 g/mol. The first kappa shape index (κ1) is 21.5. The number of piperidine rings is 1. The van der Waals surface area contributed by atoms with Crippen molar-refractivity contribution in [2.24, 2.45) is 17.8 Å². The van der Waals surface area contributed by atoms with E-state index in [0.717, 1.165) is 56.6 Å². The molecule has 0 bridgehead atoms. The van der Waals surface area contributed by atoms with Crippen LogP contribution in [0.3, 0.4) is 0 Å². The highest BCUT2D eigenvalue weighted by atomic mass is 16.5. The van der Waals surface area contributed by atoms with Crippen LogP contribution in [0.25, 0.3) is 0 Å². The van der Waals surface area contributed by atoms with E-state index in [9.17, 15) is 9.90 Å². The molecule has 1 saturated heterocycles. The zero-order chi connectivity index (χ0) is 22.1. The van der Waals surface area contributed by atoms with E-state index in [1.807, 2.05) is 42.5 Å². The van der Waals surface area contributed by atoms with Gasteiger partial charge in [-0.05, 0) is 49.3 Å². The minimum atomic E-state index is -1.42. The Labute approximate surface area is 190 Å². The summed E-state index contributed by atoms with van der Waals surface area (Å²) in [5.41, 5.74) is 0.540. The highest BCUT2D eigenvalue weighted by molar-refractivity contribution is 5.87. The first-order chi connectivity index (χ1) is 15.6. The van der Waals surface area contributed by atoms with Crippen LogP contribution in [0.4, 0.5) is 0 Å². The van der Waals surface area contributed by atoms with Crippen molar-refractivity contribution in [1.82, 2.24) is 10.2 Å². The Kier molecular flexibility index (Phi) is 5.95. The fourth-order valence-electron chi connectivity index (χ4n) is 5.79. The molecule has 5 rings (SSSR count). The van der Waals surface area contributed by atoms with Crippen molar-refractivity contribution in [2.45, 2.75) is 44.2 Å². The Balaban J connectivity index is 1.13. The molecule has 0 radical (unpaired) electrons. The molecule has 2 saturated carbocycles. The quantitative estimate of drug-likeness (QED) is 0.668. The normalized spacial score (nSPS) is 27.0. The second-order valence-corrected chi connectivity index (χ2v) is 9.86. The standard InChI is InChI=1S/C27H34N2O3/c1-19-11-13-22(14-12-19)32-16-15-29-17-23-24(18-29)25(23)28-26(30)27(31,21-9-5-6-10-21)20-7-3-2-4-8-20/h2-4,7-8,11-14,21,23-25,31H,5-6,9-10,15-18H2,1H3,(H,28,30)/t23-,24?,25?,27?/m0/s1. The first-order valence-electron chi connectivity index (χ1n) is 12.1. The van der Waals surface area contributed by atoms with Crippen molar-refractivity contribution < 1.29 is 14.6 Å². The number of benzene rings is 2. The number of hydrogen-bond donors (Lipinski definition) is 2. The Morgan fingerprint density at radius 1 is 1.06 bits per heavy atom. The lowest BCUT2D eigenvalue weighted by molar-refractivity contribution is -0.147. The maximum atomic E-state index is 13.4. The van der Waals surface area contributed by atoms with Crippen LogP contribution in [0.1, 0.15) is 36.8 Å². The first-order valence-corrected chi connectivity index (χ1v) is 12.1. The van der Waals surface area contributed by atoms with Crippen LogP contribution in [-0.4, -0.2) is 48.2 Å². The third-order valence-corrected chi connectivity index (χ3v) is 7.77. The van der Waals surface area contributed by atoms with Gasteiger partial charge in [-0.3, -0.25) is 9.69 Å². The fraction of sp³-hybridized carbons (Fsp3) is 0.519. The number of aryl methyl sites for hydroxylation is 1. The van der Waals surface area contributed by atoms with Gasteiger partial charge in [0.2, 0.25) is 0 Å². The third kappa shape index (κ3) is 4.16. The van der Waals surface area contributed by atoms with Crippen LogP contribution in [0.15, 0.2) is 54.6 Å². The van der Waals surface area contributed by atoms with E-state index in [1.54, 1.807) is 0 Å². The van der Waals surface area contributed by atoms with Crippen molar-refractivity contribution in [3.05, 3.63) is 65.7 Å². The number of nitrogens with zero attached hydrogens (tertiary/aromatic N) is 1. The second-order valence-electron chi connectivity index (χ2n) is 9.86. The summed E-state index contributed by atoms with van der Waals surface area (Å²) in [4.78, 5) is 15.8. The van der Waals surface area contributed by atoms with Gasteiger partial charge in [0.25, 0.3) is 5.91 Å². The molecule has 2 aromatic rings. The molecule has 2 aromatic carbocycles. The van der Waals surface area contributed by atoms with Crippen LogP contribution >= 0.6 is 0 Å². The lowest BCUT2D eigenvalue weighted by Gasteiger charge is -2.33. The molecule has 170 valence electrons. The highest BCUT2D eigenvalue weighted by Gasteiger charge is 2.58. The van der Waals surface area contributed by atoms with Crippen molar-refractivity contribution in [2.75, 3.05) is 26.2 Å². The predicted molar refractivity (Wildman–Crippen MR) is 124 cm³/mol. The van der Waals surface area contributed by atoms with Gasteiger partial charge in [-0.25, -0.2) is 0 Å². The van der Waals surface area contributed by atoms with Crippen molar-refractivity contribution in [1.29, 1.82) is 0 Å². The molecule has 3 aliphatic rings. The summed E-state index contributed by atoms with van der Waals surface area (Å²) in [6.07, 6.45) is 3.99. The molecule has 2 N–H and O–H groups in total. The van der Waals surface area contributed by atoms with E-state index in [2.05, 4.69) is 29.3 Å². The van der Waals surface area contributed by atoms with Gasteiger partial charge in [0, 0.05) is 31.6 Å². The molecule has 1 aliphatic heterocycles. The van der Waals surface area contributed by atoms with E-state index >= 15 is 0 Å². The largest absolute Gasteiger partial charge is 0.492 e. The predicted octanol–water partition coefficient (Wildman–Crippen LogP) is 3.50. The molecule has 5 heteroatoms. The Hall–Kier alpha value is -2.37. The lowest BCUT2D eigenvalue weighted by Crippen LogP contribution is -2.51. The number of nitrogens with one attached hydrogen (secondary N) is 1. The number of ether oxygens (including phenoxy) is 1. The molecule has 4 atom stereocenters. The summed E-state index contributed by atoms with van der Waals surface area (Å²) in [6, 6.07) is 17.9. The zero-order valence-electron chi connectivity index (χ0n) is 18.9. The summed E-state index contributed by atoms with van der Waals surface area (Å²) in [5, 5.41) is 14.9. The number of carbonyl (C=O) groups is 1. The van der Waals surface area contributed by atoms with E-state index in [0.29, 0.717) is 18.4 Å². The van der Waals surface area contributed by atoms with Gasteiger partial charge in [-0.1, -0.05) is 60.9 Å². The third-order valence-electron chi connectivity index (χ3n) is 7.77. The highest BCUT2D eigenvalue weighted by Crippen LogP contribution is 2.47. The Morgan fingerprint density at radius 2 is 1.72 bits per heavy atom. The average Bonchev–Trinajstić information content (AvgIpc) is 3.23. The summed E-state index contributed by atoms with van der Waals surface area (Å²) in [6.45, 7) is 5.62. The average molecular weight is 435 g/mol. The van der Waals surface area contributed by atoms with Gasteiger partial charge in [0.1, 0.15) is 12.4 Å². The van der Waals surface area contributed by atoms with E-state index in [-0.39, 0.29) is 17.9 Å². The number of aliphatic hydroxyl groups is 1. The molecular weight excluding hydrogens is 400 g/mol. The molecule has 0 spiro atoms. The zero-order valence-corrected chi connectivity index (χ0v) is 18.9. The van der Waals surface area contributed by atoms with Crippen molar-refractivity contribution in [3.63, 3.8) is 0 Å². The van der Waals surface area contributed by atoms with Gasteiger partial charge in [0.15, 0.2) is 5.60 Å². The number of amides is 1. The maximum Gasteiger partial charge on any atom is 0.257 e. The van der Waals surface area contributed by atoms with Gasteiger partial charge in [-0.2, -0.15) is 0 Å².